The lowest BCUT2D eigenvalue weighted by Gasteiger charge is -2.24. The number of aromatic nitrogens is 4. The van der Waals surface area contributed by atoms with Crippen LogP contribution in [0.4, 0.5) is 0 Å². The molecule has 2 aromatic heterocycles. The van der Waals surface area contributed by atoms with Crippen LogP contribution in [-0.2, 0) is 13.0 Å². The molecule has 0 radical (unpaired) electrons. The largest absolute Gasteiger partial charge is 0.360 e. The molecule has 3 aromatic rings. The molecule has 1 aliphatic heterocycles. The Morgan fingerprint density at radius 3 is 2.84 bits per heavy atom. The average Bonchev–Trinajstić information content (AvgIpc) is 3.19. The van der Waals surface area contributed by atoms with E-state index in [-0.39, 0.29) is 11.9 Å². The van der Waals surface area contributed by atoms with E-state index in [1.807, 2.05) is 37.3 Å². The van der Waals surface area contributed by atoms with Gasteiger partial charge in [-0.2, -0.15) is 0 Å². The highest BCUT2D eigenvalue weighted by Gasteiger charge is 2.27. The summed E-state index contributed by atoms with van der Waals surface area (Å²) in [6.45, 7) is 4.38. The average molecular weight is 337 g/mol. The van der Waals surface area contributed by atoms with Crippen molar-refractivity contribution in [2.24, 2.45) is 0 Å². The van der Waals surface area contributed by atoms with Gasteiger partial charge in [-0.25, -0.2) is 0 Å². The number of carbonyl (C=O) groups excluding carboxylic acids is 1. The van der Waals surface area contributed by atoms with E-state index in [1.165, 1.54) is 0 Å². The quantitative estimate of drug-likeness (QED) is 0.792. The molecule has 128 valence electrons. The van der Waals surface area contributed by atoms with Crippen molar-refractivity contribution in [3.8, 4) is 11.3 Å². The van der Waals surface area contributed by atoms with E-state index in [4.69, 9.17) is 4.52 Å². The molecule has 4 rings (SSSR count). The summed E-state index contributed by atoms with van der Waals surface area (Å²) < 4.78 is 7.35. The van der Waals surface area contributed by atoms with E-state index in [2.05, 4.69) is 25.2 Å². The molecule has 25 heavy (non-hydrogen) atoms. The number of aryl methyl sites for hydroxylation is 3. The molecule has 1 N–H and O–H groups in total. The maximum atomic E-state index is 12.9. The third kappa shape index (κ3) is 2.82. The van der Waals surface area contributed by atoms with Crippen LogP contribution in [0.25, 0.3) is 11.3 Å². The van der Waals surface area contributed by atoms with E-state index >= 15 is 0 Å². The first kappa shape index (κ1) is 15.6. The van der Waals surface area contributed by atoms with Crippen molar-refractivity contribution in [3.63, 3.8) is 0 Å². The summed E-state index contributed by atoms with van der Waals surface area (Å²) in [7, 11) is 0. The van der Waals surface area contributed by atoms with Crippen molar-refractivity contribution in [2.45, 2.75) is 39.3 Å². The molecule has 1 aliphatic rings. The number of nitrogens with zero attached hydrogens (tertiary/aromatic N) is 4. The van der Waals surface area contributed by atoms with Gasteiger partial charge in [0.25, 0.3) is 5.91 Å². The van der Waals surface area contributed by atoms with Crippen LogP contribution in [0.3, 0.4) is 0 Å². The fourth-order valence-electron chi connectivity index (χ4n) is 3.27. The van der Waals surface area contributed by atoms with Gasteiger partial charge in [0.15, 0.2) is 0 Å². The first-order chi connectivity index (χ1) is 12.1. The third-order valence-electron chi connectivity index (χ3n) is 4.60. The number of hydrogen-bond donors (Lipinski definition) is 1. The van der Waals surface area contributed by atoms with Crippen LogP contribution in [0.2, 0.25) is 0 Å². The van der Waals surface area contributed by atoms with Crippen LogP contribution in [0.15, 0.2) is 34.9 Å². The number of nitrogens with one attached hydrogen (secondary N) is 1. The summed E-state index contributed by atoms with van der Waals surface area (Å²) in [6.07, 6.45) is 1.65. The number of rotatable bonds is 3. The maximum Gasteiger partial charge on any atom is 0.257 e. The van der Waals surface area contributed by atoms with Crippen LogP contribution in [0, 0.1) is 13.8 Å². The zero-order chi connectivity index (χ0) is 17.4. The van der Waals surface area contributed by atoms with Gasteiger partial charge < -0.3 is 14.4 Å². The van der Waals surface area contributed by atoms with Crippen molar-refractivity contribution in [2.75, 3.05) is 0 Å². The second kappa shape index (κ2) is 6.16. The zero-order valence-electron chi connectivity index (χ0n) is 14.2. The molecule has 0 saturated heterocycles. The molecule has 1 aromatic carbocycles. The molecule has 3 heterocycles. The Morgan fingerprint density at radius 1 is 1.24 bits per heavy atom. The molecule has 1 amide bonds. The van der Waals surface area contributed by atoms with Gasteiger partial charge in [-0.05, 0) is 20.3 Å². The van der Waals surface area contributed by atoms with E-state index in [1.54, 1.807) is 6.92 Å². The Labute approximate surface area is 145 Å². The Balaban J connectivity index is 1.57. The van der Waals surface area contributed by atoms with Crippen LogP contribution in [-0.4, -0.2) is 31.9 Å². The highest BCUT2D eigenvalue weighted by Crippen LogP contribution is 2.25. The Bertz CT molecular complexity index is 913. The molecule has 0 fully saturated rings. The van der Waals surface area contributed by atoms with Gasteiger partial charge in [-0.15, -0.1) is 10.2 Å². The van der Waals surface area contributed by atoms with Crippen LogP contribution in [0.5, 0.6) is 0 Å². The summed E-state index contributed by atoms with van der Waals surface area (Å²) in [4.78, 5) is 12.9. The third-order valence-corrected chi connectivity index (χ3v) is 4.60. The van der Waals surface area contributed by atoms with Crippen LogP contribution >= 0.6 is 0 Å². The standard InChI is InChI=1S/C18H19N5O2/c1-11-16(17(22-25-11)13-6-4-3-5-7-13)18(24)19-14-8-9-15-21-20-12(2)23(15)10-14/h3-7,14H,8-10H2,1-2H3,(H,19,24). The number of hydrogen-bond acceptors (Lipinski definition) is 5. The molecular formula is C18H19N5O2. The fraction of sp³-hybridized carbons (Fsp3) is 0.333. The van der Waals surface area contributed by atoms with Crippen molar-refractivity contribution < 1.29 is 9.32 Å². The minimum absolute atomic E-state index is 0.0348. The molecule has 1 unspecified atom stereocenters. The smallest absolute Gasteiger partial charge is 0.257 e. The molecule has 7 heteroatoms. The fourth-order valence-corrected chi connectivity index (χ4v) is 3.27. The normalized spacial score (nSPS) is 16.5. The van der Waals surface area contributed by atoms with E-state index in [0.717, 1.165) is 30.1 Å². The van der Waals surface area contributed by atoms with E-state index < -0.39 is 0 Å². The number of benzene rings is 1. The van der Waals surface area contributed by atoms with E-state index in [0.29, 0.717) is 23.6 Å². The predicted octanol–water partition coefficient (Wildman–Crippen LogP) is 2.29. The zero-order valence-corrected chi connectivity index (χ0v) is 14.2. The number of carbonyl (C=O) groups is 1. The second-order valence-electron chi connectivity index (χ2n) is 6.31. The topological polar surface area (TPSA) is 85.8 Å². The molecule has 0 bridgehead atoms. The number of amides is 1. The van der Waals surface area contributed by atoms with Crippen LogP contribution in [0.1, 0.15) is 34.2 Å². The summed E-state index contributed by atoms with van der Waals surface area (Å²) in [6, 6.07) is 9.63. The molecule has 0 aliphatic carbocycles. The minimum atomic E-state index is -0.156. The molecular weight excluding hydrogens is 318 g/mol. The SMILES string of the molecule is Cc1onc(-c2ccccc2)c1C(=O)NC1CCc2nnc(C)n2C1. The summed E-state index contributed by atoms with van der Waals surface area (Å²) in [5.74, 6) is 2.22. The van der Waals surface area contributed by atoms with Crippen molar-refractivity contribution >= 4 is 5.91 Å². The van der Waals surface area contributed by atoms with E-state index in [9.17, 15) is 4.79 Å². The van der Waals surface area contributed by atoms with Gasteiger partial charge in [0.05, 0.1) is 0 Å². The van der Waals surface area contributed by atoms with Gasteiger partial charge in [0.1, 0.15) is 28.7 Å². The van der Waals surface area contributed by atoms with Crippen LogP contribution < -0.4 is 5.32 Å². The number of fused-ring (bicyclic) bond motifs is 1. The Morgan fingerprint density at radius 2 is 2.04 bits per heavy atom. The van der Waals surface area contributed by atoms with Gasteiger partial charge in [0.2, 0.25) is 0 Å². The molecule has 1 atom stereocenters. The first-order valence-corrected chi connectivity index (χ1v) is 8.34. The monoisotopic (exact) mass is 337 g/mol. The lowest BCUT2D eigenvalue weighted by Crippen LogP contribution is -2.41. The van der Waals surface area contributed by atoms with Gasteiger partial charge in [-0.3, -0.25) is 4.79 Å². The van der Waals surface area contributed by atoms with Gasteiger partial charge >= 0.3 is 0 Å². The molecule has 0 saturated carbocycles. The summed E-state index contributed by atoms with van der Waals surface area (Å²) in [5, 5.41) is 15.5. The first-order valence-electron chi connectivity index (χ1n) is 8.34. The van der Waals surface area contributed by atoms with Crippen molar-refractivity contribution in [1.82, 2.24) is 25.2 Å². The predicted molar refractivity (Wildman–Crippen MR) is 91.0 cm³/mol. The lowest BCUT2D eigenvalue weighted by molar-refractivity contribution is 0.0926. The minimum Gasteiger partial charge on any atom is -0.360 e. The highest BCUT2D eigenvalue weighted by molar-refractivity contribution is 6.00. The summed E-state index contributed by atoms with van der Waals surface area (Å²) in [5.41, 5.74) is 1.94. The molecule has 0 spiro atoms. The van der Waals surface area contributed by atoms with Crippen molar-refractivity contribution in [3.05, 3.63) is 53.3 Å². The lowest BCUT2D eigenvalue weighted by atomic mass is 10.0. The van der Waals surface area contributed by atoms with Crippen molar-refractivity contribution in [1.29, 1.82) is 0 Å². The Kier molecular flexibility index (Phi) is 3.83. The summed E-state index contributed by atoms with van der Waals surface area (Å²) >= 11 is 0. The molecule has 7 nitrogen and oxygen atoms in total. The maximum absolute atomic E-state index is 12.9. The highest BCUT2D eigenvalue weighted by atomic mass is 16.5. The van der Waals surface area contributed by atoms with Gasteiger partial charge in [-0.1, -0.05) is 35.5 Å². The second-order valence-corrected chi connectivity index (χ2v) is 6.31. The van der Waals surface area contributed by atoms with Gasteiger partial charge in [0, 0.05) is 24.6 Å². The Hall–Kier alpha value is -2.96.